The Kier molecular flexibility index (Phi) is 4.42. The van der Waals surface area contributed by atoms with Crippen LogP contribution in [-0.4, -0.2) is 0 Å². The summed E-state index contributed by atoms with van der Waals surface area (Å²) in [4.78, 5) is 0. The highest BCUT2D eigenvalue weighted by Gasteiger charge is 2.11. The fourth-order valence-electron chi connectivity index (χ4n) is 1.53. The molecular weight excluding hydrogens is 120 g/mol. The van der Waals surface area contributed by atoms with E-state index in [2.05, 4.69) is 40.7 Å². The second-order valence-electron chi connectivity index (χ2n) is 3.29. The van der Waals surface area contributed by atoms with E-state index in [1.54, 1.807) is 0 Å². The van der Waals surface area contributed by atoms with Crippen molar-refractivity contribution in [2.45, 2.75) is 41.0 Å². The molecule has 10 heavy (non-hydrogen) atoms. The first kappa shape index (κ1) is 9.74. The third-order valence-corrected chi connectivity index (χ3v) is 2.28. The lowest BCUT2D eigenvalue weighted by Gasteiger charge is -2.19. The number of allylic oxidation sites excluding steroid dienone is 2. The van der Waals surface area contributed by atoms with E-state index in [0.29, 0.717) is 0 Å². The van der Waals surface area contributed by atoms with Crippen molar-refractivity contribution >= 4 is 0 Å². The SMILES string of the molecule is C/C=C(\C)[C@@H](CC)C(C)C. The van der Waals surface area contributed by atoms with Crippen LogP contribution in [0, 0.1) is 11.8 Å². The van der Waals surface area contributed by atoms with Crippen molar-refractivity contribution in [1.29, 1.82) is 0 Å². The molecule has 0 aromatic carbocycles. The summed E-state index contributed by atoms with van der Waals surface area (Å²) in [6.45, 7) is 11.2. The predicted molar refractivity (Wildman–Crippen MR) is 48.1 cm³/mol. The molecule has 0 heteroatoms. The van der Waals surface area contributed by atoms with Gasteiger partial charge in [-0.05, 0) is 32.1 Å². The van der Waals surface area contributed by atoms with Gasteiger partial charge in [-0.3, -0.25) is 0 Å². The highest BCUT2D eigenvalue weighted by molar-refractivity contribution is 5.02. The van der Waals surface area contributed by atoms with Crippen molar-refractivity contribution in [2.24, 2.45) is 11.8 Å². The van der Waals surface area contributed by atoms with E-state index in [-0.39, 0.29) is 0 Å². The summed E-state index contributed by atoms with van der Waals surface area (Å²) in [7, 11) is 0. The molecule has 1 atom stereocenters. The molecule has 0 amide bonds. The van der Waals surface area contributed by atoms with Gasteiger partial charge in [-0.15, -0.1) is 0 Å². The molecule has 0 heterocycles. The lowest BCUT2D eigenvalue weighted by molar-refractivity contribution is 0.430. The molecule has 0 aliphatic heterocycles. The van der Waals surface area contributed by atoms with Crippen LogP contribution < -0.4 is 0 Å². The number of hydrogen-bond acceptors (Lipinski definition) is 0. The van der Waals surface area contributed by atoms with E-state index < -0.39 is 0 Å². The van der Waals surface area contributed by atoms with Gasteiger partial charge in [0.05, 0.1) is 0 Å². The lowest BCUT2D eigenvalue weighted by Crippen LogP contribution is -2.08. The molecular formula is C10H20. The van der Waals surface area contributed by atoms with Crippen LogP contribution in [0.15, 0.2) is 11.6 Å². The van der Waals surface area contributed by atoms with E-state index in [1.165, 1.54) is 12.0 Å². The fourth-order valence-corrected chi connectivity index (χ4v) is 1.53. The van der Waals surface area contributed by atoms with Crippen molar-refractivity contribution in [3.05, 3.63) is 11.6 Å². The molecule has 0 saturated heterocycles. The van der Waals surface area contributed by atoms with E-state index in [4.69, 9.17) is 0 Å². The second kappa shape index (κ2) is 4.54. The average Bonchev–Trinajstić information content (AvgIpc) is 1.88. The Morgan fingerprint density at radius 2 is 1.90 bits per heavy atom. The lowest BCUT2D eigenvalue weighted by atomic mass is 9.87. The summed E-state index contributed by atoms with van der Waals surface area (Å²) >= 11 is 0. The van der Waals surface area contributed by atoms with Crippen LogP contribution in [0.2, 0.25) is 0 Å². The summed E-state index contributed by atoms with van der Waals surface area (Å²) in [5, 5.41) is 0. The second-order valence-corrected chi connectivity index (χ2v) is 3.29. The first-order valence-electron chi connectivity index (χ1n) is 4.26. The van der Waals surface area contributed by atoms with Crippen molar-refractivity contribution in [3.63, 3.8) is 0 Å². The number of hydrogen-bond donors (Lipinski definition) is 0. The molecule has 0 N–H and O–H groups in total. The largest absolute Gasteiger partial charge is 0.0884 e. The molecule has 0 aromatic rings. The van der Waals surface area contributed by atoms with Gasteiger partial charge < -0.3 is 0 Å². The van der Waals surface area contributed by atoms with Crippen molar-refractivity contribution in [3.8, 4) is 0 Å². The molecule has 0 unspecified atom stereocenters. The monoisotopic (exact) mass is 140 g/mol. The van der Waals surface area contributed by atoms with Crippen LogP contribution in [0.25, 0.3) is 0 Å². The van der Waals surface area contributed by atoms with Crippen LogP contribution in [0.5, 0.6) is 0 Å². The van der Waals surface area contributed by atoms with Gasteiger partial charge in [-0.1, -0.05) is 32.4 Å². The summed E-state index contributed by atoms with van der Waals surface area (Å²) in [5.74, 6) is 1.59. The average molecular weight is 140 g/mol. The Morgan fingerprint density at radius 3 is 2.00 bits per heavy atom. The van der Waals surface area contributed by atoms with Gasteiger partial charge in [0.2, 0.25) is 0 Å². The summed E-state index contributed by atoms with van der Waals surface area (Å²) < 4.78 is 0. The molecule has 0 aliphatic carbocycles. The minimum atomic E-state index is 0.793. The summed E-state index contributed by atoms with van der Waals surface area (Å²) in [6, 6.07) is 0. The van der Waals surface area contributed by atoms with Gasteiger partial charge >= 0.3 is 0 Å². The molecule has 0 spiro atoms. The van der Waals surface area contributed by atoms with Crippen LogP contribution in [0.4, 0.5) is 0 Å². The first-order chi connectivity index (χ1) is 4.63. The summed E-state index contributed by atoms with van der Waals surface area (Å²) in [6.07, 6.45) is 3.50. The molecule has 0 radical (unpaired) electrons. The number of rotatable bonds is 3. The third kappa shape index (κ3) is 2.55. The smallest absolute Gasteiger partial charge is 0.0186 e. The van der Waals surface area contributed by atoms with Crippen molar-refractivity contribution < 1.29 is 0 Å². The third-order valence-electron chi connectivity index (χ3n) is 2.28. The Hall–Kier alpha value is -0.260. The Bertz CT molecular complexity index is 109. The Balaban J connectivity index is 4.07. The first-order valence-corrected chi connectivity index (χ1v) is 4.26. The molecule has 0 rings (SSSR count). The van der Waals surface area contributed by atoms with Gasteiger partial charge in [0.1, 0.15) is 0 Å². The highest BCUT2D eigenvalue weighted by Crippen LogP contribution is 2.22. The maximum Gasteiger partial charge on any atom is -0.0186 e. The van der Waals surface area contributed by atoms with Gasteiger partial charge in [-0.25, -0.2) is 0 Å². The van der Waals surface area contributed by atoms with E-state index in [1.807, 2.05) is 0 Å². The Morgan fingerprint density at radius 1 is 1.40 bits per heavy atom. The molecule has 0 aromatic heterocycles. The highest BCUT2D eigenvalue weighted by atomic mass is 14.2. The maximum atomic E-state index is 2.29. The topological polar surface area (TPSA) is 0 Å². The Labute approximate surface area is 65.3 Å². The molecule has 60 valence electrons. The van der Waals surface area contributed by atoms with E-state index in [9.17, 15) is 0 Å². The van der Waals surface area contributed by atoms with E-state index >= 15 is 0 Å². The van der Waals surface area contributed by atoms with Crippen LogP contribution >= 0.6 is 0 Å². The van der Waals surface area contributed by atoms with Crippen LogP contribution in [-0.2, 0) is 0 Å². The van der Waals surface area contributed by atoms with Gasteiger partial charge in [0, 0.05) is 0 Å². The van der Waals surface area contributed by atoms with Gasteiger partial charge in [-0.2, -0.15) is 0 Å². The van der Waals surface area contributed by atoms with Gasteiger partial charge in [0.25, 0.3) is 0 Å². The zero-order valence-corrected chi connectivity index (χ0v) is 7.94. The van der Waals surface area contributed by atoms with Crippen molar-refractivity contribution in [2.75, 3.05) is 0 Å². The zero-order valence-electron chi connectivity index (χ0n) is 7.94. The normalized spacial score (nSPS) is 16.0. The van der Waals surface area contributed by atoms with Crippen molar-refractivity contribution in [1.82, 2.24) is 0 Å². The van der Waals surface area contributed by atoms with Crippen LogP contribution in [0.1, 0.15) is 41.0 Å². The quantitative estimate of drug-likeness (QED) is 0.525. The standard InChI is InChI=1S/C10H20/c1-6-9(5)10(7-2)8(3)4/h6,8,10H,7H2,1-5H3/b9-6+/t10-/m0/s1. The minimum Gasteiger partial charge on any atom is -0.0884 e. The van der Waals surface area contributed by atoms with Gasteiger partial charge in [0.15, 0.2) is 0 Å². The molecule has 0 fully saturated rings. The minimum absolute atomic E-state index is 0.793. The van der Waals surface area contributed by atoms with Crippen LogP contribution in [0.3, 0.4) is 0 Å². The molecule has 0 nitrogen and oxygen atoms in total. The maximum absolute atomic E-state index is 2.29. The zero-order chi connectivity index (χ0) is 8.15. The molecule has 0 bridgehead atoms. The van der Waals surface area contributed by atoms with E-state index in [0.717, 1.165) is 11.8 Å². The summed E-state index contributed by atoms with van der Waals surface area (Å²) in [5.41, 5.74) is 1.54. The fraction of sp³-hybridized carbons (Fsp3) is 0.800. The predicted octanol–water partition coefficient (Wildman–Crippen LogP) is 3.63. The molecule has 0 aliphatic rings. The molecule has 0 saturated carbocycles.